The first-order valence-electron chi connectivity index (χ1n) is 8.68. The summed E-state index contributed by atoms with van der Waals surface area (Å²) in [6, 6.07) is 22.8. The minimum atomic E-state index is 0.365. The molecule has 3 aromatic carbocycles. The minimum absolute atomic E-state index is 0.365. The van der Waals surface area contributed by atoms with Gasteiger partial charge in [0.15, 0.2) is 11.5 Å². The first kappa shape index (κ1) is 18.1. The zero-order chi connectivity index (χ0) is 19.3. The maximum absolute atomic E-state index is 6.20. The van der Waals surface area contributed by atoms with Gasteiger partial charge in [0, 0.05) is 5.56 Å². The van der Waals surface area contributed by atoms with Crippen molar-refractivity contribution in [3.05, 3.63) is 83.4 Å². The number of hydrogen-bond acceptors (Lipinski definition) is 5. The van der Waals surface area contributed by atoms with E-state index >= 15 is 0 Å². The van der Waals surface area contributed by atoms with Crippen molar-refractivity contribution >= 4 is 11.6 Å². The van der Waals surface area contributed by atoms with E-state index in [0.717, 1.165) is 11.1 Å². The van der Waals surface area contributed by atoms with Crippen LogP contribution >= 0.6 is 11.6 Å². The maximum Gasteiger partial charge on any atom is 0.249 e. The highest BCUT2D eigenvalue weighted by Gasteiger charge is 2.15. The second-order valence-corrected chi connectivity index (χ2v) is 6.44. The molecule has 0 aliphatic heterocycles. The van der Waals surface area contributed by atoms with Crippen molar-refractivity contribution < 1.29 is 13.9 Å². The third kappa shape index (κ3) is 3.85. The third-order valence-electron chi connectivity index (χ3n) is 4.18. The topological polar surface area (TPSA) is 57.4 Å². The second kappa shape index (κ2) is 8.15. The van der Waals surface area contributed by atoms with Gasteiger partial charge in [-0.2, -0.15) is 0 Å². The van der Waals surface area contributed by atoms with E-state index in [1.165, 1.54) is 0 Å². The Hall–Kier alpha value is -3.31. The lowest BCUT2D eigenvalue weighted by molar-refractivity contribution is 0.284. The van der Waals surface area contributed by atoms with Crippen LogP contribution in [0.15, 0.2) is 77.2 Å². The molecule has 4 rings (SSSR count). The number of rotatable bonds is 6. The molecular weight excluding hydrogens is 376 g/mol. The Morgan fingerprint density at radius 3 is 2.39 bits per heavy atom. The van der Waals surface area contributed by atoms with Crippen molar-refractivity contribution in [2.24, 2.45) is 0 Å². The van der Waals surface area contributed by atoms with E-state index in [0.29, 0.717) is 40.5 Å². The smallest absolute Gasteiger partial charge is 0.249 e. The predicted octanol–water partition coefficient (Wildman–Crippen LogP) is 5.64. The molecule has 0 saturated heterocycles. The monoisotopic (exact) mass is 392 g/mol. The van der Waals surface area contributed by atoms with Crippen molar-refractivity contribution in [2.45, 2.75) is 6.61 Å². The van der Waals surface area contributed by atoms with Crippen LogP contribution < -0.4 is 9.47 Å². The molecule has 6 heteroatoms. The van der Waals surface area contributed by atoms with Crippen molar-refractivity contribution in [3.63, 3.8) is 0 Å². The first-order chi connectivity index (χ1) is 13.7. The van der Waals surface area contributed by atoms with E-state index in [2.05, 4.69) is 10.2 Å². The summed E-state index contributed by atoms with van der Waals surface area (Å²) in [6.45, 7) is 0.452. The Labute approximate surface area is 167 Å². The van der Waals surface area contributed by atoms with Crippen LogP contribution in [-0.2, 0) is 6.61 Å². The first-order valence-corrected chi connectivity index (χ1v) is 9.06. The minimum Gasteiger partial charge on any atom is -0.493 e. The van der Waals surface area contributed by atoms with Gasteiger partial charge in [-0.1, -0.05) is 54.1 Å². The predicted molar refractivity (Wildman–Crippen MR) is 108 cm³/mol. The Balaban J connectivity index is 1.57. The van der Waals surface area contributed by atoms with Crippen LogP contribution in [0, 0.1) is 0 Å². The highest BCUT2D eigenvalue weighted by molar-refractivity contribution is 6.33. The fourth-order valence-electron chi connectivity index (χ4n) is 2.74. The Morgan fingerprint density at radius 1 is 0.857 bits per heavy atom. The van der Waals surface area contributed by atoms with Crippen LogP contribution in [-0.4, -0.2) is 17.3 Å². The second-order valence-electron chi connectivity index (χ2n) is 6.03. The SMILES string of the molecule is COc1cc(-c2nnc(-c3ccccc3Cl)o2)ccc1OCc1ccccc1. The standard InChI is InChI=1S/C22H17ClN2O3/c1-26-20-13-16(11-12-19(20)27-14-15-7-3-2-4-8-15)21-24-25-22(28-21)17-9-5-6-10-18(17)23/h2-13H,14H2,1H3. The molecule has 5 nitrogen and oxygen atoms in total. The maximum atomic E-state index is 6.20. The number of methoxy groups -OCH3 is 1. The number of halogens is 1. The molecule has 28 heavy (non-hydrogen) atoms. The highest BCUT2D eigenvalue weighted by Crippen LogP contribution is 2.34. The van der Waals surface area contributed by atoms with Gasteiger partial charge in [-0.15, -0.1) is 10.2 Å². The summed E-state index contributed by atoms with van der Waals surface area (Å²) in [5.41, 5.74) is 2.50. The molecule has 0 saturated carbocycles. The molecule has 1 heterocycles. The average Bonchev–Trinajstić information content (AvgIpc) is 3.23. The Morgan fingerprint density at radius 2 is 1.61 bits per heavy atom. The molecular formula is C22H17ClN2O3. The van der Waals surface area contributed by atoms with Crippen molar-refractivity contribution in [1.82, 2.24) is 10.2 Å². The van der Waals surface area contributed by atoms with Crippen molar-refractivity contribution in [2.75, 3.05) is 7.11 Å². The molecule has 0 N–H and O–H groups in total. The fourth-order valence-corrected chi connectivity index (χ4v) is 2.96. The largest absolute Gasteiger partial charge is 0.493 e. The number of aromatic nitrogens is 2. The molecule has 0 atom stereocenters. The van der Waals surface area contributed by atoms with E-state index in [1.54, 1.807) is 13.2 Å². The van der Waals surface area contributed by atoms with Gasteiger partial charge in [-0.05, 0) is 35.9 Å². The zero-order valence-electron chi connectivity index (χ0n) is 15.1. The van der Waals surface area contributed by atoms with E-state index in [-0.39, 0.29) is 0 Å². The van der Waals surface area contributed by atoms with Gasteiger partial charge in [0.2, 0.25) is 11.8 Å². The van der Waals surface area contributed by atoms with Gasteiger partial charge < -0.3 is 13.9 Å². The van der Waals surface area contributed by atoms with E-state index in [4.69, 9.17) is 25.5 Å². The molecule has 0 unspecified atom stereocenters. The van der Waals surface area contributed by atoms with Gasteiger partial charge in [-0.3, -0.25) is 0 Å². The number of ether oxygens (including phenoxy) is 2. The quantitative estimate of drug-likeness (QED) is 0.424. The molecule has 140 valence electrons. The van der Waals surface area contributed by atoms with Gasteiger partial charge >= 0.3 is 0 Å². The third-order valence-corrected chi connectivity index (χ3v) is 4.51. The zero-order valence-corrected chi connectivity index (χ0v) is 15.9. The lowest BCUT2D eigenvalue weighted by Gasteiger charge is -2.11. The molecule has 0 fully saturated rings. The van der Waals surface area contributed by atoms with Gasteiger partial charge in [-0.25, -0.2) is 0 Å². The molecule has 0 aliphatic rings. The van der Waals surface area contributed by atoms with Crippen LogP contribution in [0.4, 0.5) is 0 Å². The fraction of sp³-hybridized carbons (Fsp3) is 0.0909. The number of hydrogen-bond donors (Lipinski definition) is 0. The normalized spacial score (nSPS) is 10.6. The van der Waals surface area contributed by atoms with Crippen LogP contribution in [0.25, 0.3) is 22.9 Å². The molecule has 1 aromatic heterocycles. The summed E-state index contributed by atoms with van der Waals surface area (Å²) < 4.78 is 17.2. The van der Waals surface area contributed by atoms with Crippen LogP contribution in [0.3, 0.4) is 0 Å². The molecule has 0 aliphatic carbocycles. The summed E-state index contributed by atoms with van der Waals surface area (Å²) in [4.78, 5) is 0. The number of nitrogens with zero attached hydrogens (tertiary/aromatic N) is 2. The van der Waals surface area contributed by atoms with Gasteiger partial charge in [0.05, 0.1) is 17.7 Å². The van der Waals surface area contributed by atoms with Crippen LogP contribution in [0.5, 0.6) is 11.5 Å². The lowest BCUT2D eigenvalue weighted by Crippen LogP contribution is -1.97. The highest BCUT2D eigenvalue weighted by atomic mass is 35.5. The van der Waals surface area contributed by atoms with Crippen LogP contribution in [0.2, 0.25) is 5.02 Å². The van der Waals surface area contributed by atoms with Gasteiger partial charge in [0.1, 0.15) is 6.61 Å². The van der Waals surface area contributed by atoms with Crippen molar-refractivity contribution in [1.29, 1.82) is 0 Å². The van der Waals surface area contributed by atoms with E-state index in [9.17, 15) is 0 Å². The molecule has 4 aromatic rings. The average molecular weight is 393 g/mol. The number of benzene rings is 3. The summed E-state index contributed by atoms with van der Waals surface area (Å²) >= 11 is 6.20. The Bertz CT molecular complexity index is 1080. The molecule has 0 amide bonds. The van der Waals surface area contributed by atoms with Crippen molar-refractivity contribution in [3.8, 4) is 34.4 Å². The molecule has 0 bridgehead atoms. The lowest BCUT2D eigenvalue weighted by atomic mass is 10.2. The Kier molecular flexibility index (Phi) is 5.26. The summed E-state index contributed by atoms with van der Waals surface area (Å²) in [5, 5.41) is 8.79. The van der Waals surface area contributed by atoms with Gasteiger partial charge in [0.25, 0.3) is 0 Å². The molecule has 0 radical (unpaired) electrons. The molecule has 0 spiro atoms. The van der Waals surface area contributed by atoms with Crippen LogP contribution in [0.1, 0.15) is 5.56 Å². The van der Waals surface area contributed by atoms with E-state index in [1.807, 2.05) is 66.7 Å². The summed E-state index contributed by atoms with van der Waals surface area (Å²) in [6.07, 6.45) is 0. The summed E-state index contributed by atoms with van der Waals surface area (Å²) in [7, 11) is 1.59. The summed E-state index contributed by atoms with van der Waals surface area (Å²) in [5.74, 6) is 1.97. The van der Waals surface area contributed by atoms with E-state index < -0.39 is 0 Å².